The van der Waals surface area contributed by atoms with Gasteiger partial charge in [0.1, 0.15) is 17.1 Å². The standard InChI is InChI=1S/C27H30N6O2S/c1-18-17-36-27-29-19(2)22(26(34)33(18)27)9-13-31-11-7-20(8-12-31)15-24-30-23-6-3-10-28-25(23)32(24)16-21-5-4-14-35-21/h3-6,10,14,17,20H,7-9,11-13,15-16H2,1-2H3. The van der Waals surface area contributed by atoms with Gasteiger partial charge in [-0.15, -0.1) is 11.3 Å². The molecule has 0 atom stereocenters. The number of likely N-dealkylation sites (tertiary alicyclic amines) is 1. The predicted molar refractivity (Wildman–Crippen MR) is 141 cm³/mol. The monoisotopic (exact) mass is 502 g/mol. The molecule has 1 aliphatic rings. The number of nitrogens with zero attached hydrogens (tertiary/aromatic N) is 6. The highest BCUT2D eigenvalue weighted by molar-refractivity contribution is 7.15. The van der Waals surface area contributed by atoms with Crippen LogP contribution in [0, 0.1) is 19.8 Å². The number of hydrogen-bond acceptors (Lipinski definition) is 7. The number of pyridine rings is 1. The second-order valence-corrected chi connectivity index (χ2v) is 10.6. The van der Waals surface area contributed by atoms with E-state index in [9.17, 15) is 4.79 Å². The van der Waals surface area contributed by atoms with Gasteiger partial charge in [-0.2, -0.15) is 0 Å². The zero-order valence-electron chi connectivity index (χ0n) is 20.7. The molecular weight excluding hydrogens is 472 g/mol. The lowest BCUT2D eigenvalue weighted by Gasteiger charge is -2.32. The van der Waals surface area contributed by atoms with E-state index in [1.807, 2.05) is 49.7 Å². The van der Waals surface area contributed by atoms with E-state index in [-0.39, 0.29) is 5.56 Å². The molecule has 186 valence electrons. The second-order valence-electron chi connectivity index (χ2n) is 9.75. The van der Waals surface area contributed by atoms with E-state index in [0.717, 1.165) is 90.0 Å². The number of furan rings is 1. The summed E-state index contributed by atoms with van der Waals surface area (Å²) in [5, 5.41) is 2.00. The highest BCUT2D eigenvalue weighted by Crippen LogP contribution is 2.25. The zero-order chi connectivity index (χ0) is 24.6. The summed E-state index contributed by atoms with van der Waals surface area (Å²) < 4.78 is 9.56. The number of rotatable bonds is 7. The summed E-state index contributed by atoms with van der Waals surface area (Å²) in [6, 6.07) is 7.89. The van der Waals surface area contributed by atoms with Gasteiger partial charge in [0.25, 0.3) is 5.56 Å². The number of piperidine rings is 1. The first-order valence-corrected chi connectivity index (χ1v) is 13.5. The van der Waals surface area contributed by atoms with Gasteiger partial charge in [-0.05, 0) is 76.4 Å². The molecule has 0 saturated carbocycles. The first-order chi connectivity index (χ1) is 17.6. The molecule has 5 aromatic heterocycles. The van der Waals surface area contributed by atoms with Crippen LogP contribution in [0.15, 0.2) is 51.3 Å². The summed E-state index contributed by atoms with van der Waals surface area (Å²) in [7, 11) is 0. The van der Waals surface area contributed by atoms with Crippen molar-refractivity contribution in [1.29, 1.82) is 0 Å². The highest BCUT2D eigenvalue weighted by atomic mass is 32.1. The molecule has 0 amide bonds. The topological polar surface area (TPSA) is 81.5 Å². The predicted octanol–water partition coefficient (Wildman–Crippen LogP) is 4.26. The quantitative estimate of drug-likeness (QED) is 0.331. The normalized spacial score (nSPS) is 15.4. The van der Waals surface area contributed by atoms with Gasteiger partial charge in [-0.3, -0.25) is 9.20 Å². The Balaban J connectivity index is 1.11. The Labute approximate surface area is 213 Å². The van der Waals surface area contributed by atoms with E-state index in [4.69, 9.17) is 9.40 Å². The number of imidazole rings is 1. The Morgan fingerprint density at radius 2 is 2.00 bits per heavy atom. The van der Waals surface area contributed by atoms with Crippen LogP contribution in [-0.4, -0.2) is 48.5 Å². The molecule has 8 nitrogen and oxygen atoms in total. The molecule has 0 aliphatic carbocycles. The van der Waals surface area contributed by atoms with Crippen LogP contribution in [0.25, 0.3) is 16.1 Å². The van der Waals surface area contributed by atoms with E-state index in [1.165, 1.54) is 11.3 Å². The Bertz CT molecular complexity index is 1560. The van der Waals surface area contributed by atoms with Gasteiger partial charge < -0.3 is 13.9 Å². The highest BCUT2D eigenvalue weighted by Gasteiger charge is 2.23. The minimum absolute atomic E-state index is 0.0928. The van der Waals surface area contributed by atoms with Gasteiger partial charge >= 0.3 is 0 Å². The molecule has 5 aromatic rings. The average Bonchev–Trinajstić information content (AvgIpc) is 3.60. The minimum Gasteiger partial charge on any atom is -0.467 e. The molecule has 36 heavy (non-hydrogen) atoms. The smallest absolute Gasteiger partial charge is 0.262 e. The lowest BCUT2D eigenvalue weighted by Crippen LogP contribution is -2.37. The van der Waals surface area contributed by atoms with Gasteiger partial charge in [-0.25, -0.2) is 15.0 Å². The molecule has 0 bridgehead atoms. The largest absolute Gasteiger partial charge is 0.467 e. The Morgan fingerprint density at radius 1 is 1.14 bits per heavy atom. The second kappa shape index (κ2) is 9.63. The summed E-state index contributed by atoms with van der Waals surface area (Å²) >= 11 is 1.53. The van der Waals surface area contributed by atoms with Crippen molar-refractivity contribution in [2.75, 3.05) is 19.6 Å². The van der Waals surface area contributed by atoms with Crippen LogP contribution in [-0.2, 0) is 19.4 Å². The van der Waals surface area contributed by atoms with E-state index in [1.54, 1.807) is 10.7 Å². The molecular formula is C27H30N6O2S. The van der Waals surface area contributed by atoms with Crippen molar-refractivity contribution in [3.8, 4) is 0 Å². The molecule has 6 rings (SSSR count). The summed E-state index contributed by atoms with van der Waals surface area (Å²) in [6.07, 6.45) is 7.45. The Kier molecular flexibility index (Phi) is 6.18. The van der Waals surface area contributed by atoms with Gasteiger partial charge in [0, 0.05) is 41.5 Å². The van der Waals surface area contributed by atoms with Crippen LogP contribution in [0.2, 0.25) is 0 Å². The van der Waals surface area contributed by atoms with Crippen molar-refractivity contribution in [2.45, 2.75) is 46.1 Å². The van der Waals surface area contributed by atoms with Crippen LogP contribution in [0.5, 0.6) is 0 Å². The molecule has 1 fully saturated rings. The number of hydrogen-bond donors (Lipinski definition) is 0. The van der Waals surface area contributed by atoms with Crippen LogP contribution in [0.3, 0.4) is 0 Å². The maximum atomic E-state index is 13.1. The number of aromatic nitrogens is 5. The van der Waals surface area contributed by atoms with Crippen LogP contribution < -0.4 is 5.56 Å². The van der Waals surface area contributed by atoms with Crippen LogP contribution in [0.1, 0.15) is 41.4 Å². The Morgan fingerprint density at radius 3 is 2.81 bits per heavy atom. The fourth-order valence-corrected chi connectivity index (χ4v) is 6.24. The van der Waals surface area contributed by atoms with E-state index < -0.39 is 0 Å². The fraction of sp³-hybridized carbons (Fsp3) is 0.407. The van der Waals surface area contributed by atoms with E-state index in [0.29, 0.717) is 12.5 Å². The molecule has 0 aromatic carbocycles. The zero-order valence-corrected chi connectivity index (χ0v) is 21.5. The van der Waals surface area contributed by atoms with Gasteiger partial charge in [0.15, 0.2) is 10.6 Å². The molecule has 9 heteroatoms. The molecule has 0 N–H and O–H groups in total. The van der Waals surface area contributed by atoms with Gasteiger partial charge in [0.2, 0.25) is 0 Å². The number of aryl methyl sites for hydroxylation is 2. The first kappa shape index (κ1) is 23.1. The summed E-state index contributed by atoms with van der Waals surface area (Å²) in [6.45, 7) is 7.53. The van der Waals surface area contributed by atoms with Gasteiger partial charge in [-0.1, -0.05) is 0 Å². The SMILES string of the molecule is Cc1nc2scc(C)n2c(=O)c1CCN1CCC(Cc2nc3cccnc3n2Cc2ccco2)CC1. The summed E-state index contributed by atoms with van der Waals surface area (Å²) in [5.74, 6) is 2.56. The maximum absolute atomic E-state index is 13.1. The van der Waals surface area contributed by atoms with Crippen molar-refractivity contribution in [3.63, 3.8) is 0 Å². The molecule has 1 saturated heterocycles. The first-order valence-electron chi connectivity index (χ1n) is 12.6. The van der Waals surface area contributed by atoms with Crippen molar-refractivity contribution in [2.24, 2.45) is 5.92 Å². The van der Waals surface area contributed by atoms with E-state index >= 15 is 0 Å². The minimum atomic E-state index is 0.0928. The summed E-state index contributed by atoms with van der Waals surface area (Å²) in [5.41, 5.74) is 4.60. The lowest BCUT2D eigenvalue weighted by atomic mass is 9.93. The van der Waals surface area contributed by atoms with Crippen molar-refractivity contribution in [1.82, 2.24) is 28.8 Å². The fourth-order valence-electron chi connectivity index (χ4n) is 5.33. The number of fused-ring (bicyclic) bond motifs is 2. The van der Waals surface area contributed by atoms with Crippen molar-refractivity contribution in [3.05, 3.63) is 81.0 Å². The molecule has 0 radical (unpaired) electrons. The van der Waals surface area contributed by atoms with Crippen molar-refractivity contribution < 1.29 is 4.42 Å². The average molecular weight is 503 g/mol. The van der Waals surface area contributed by atoms with Gasteiger partial charge in [0.05, 0.1) is 12.8 Å². The molecule has 0 spiro atoms. The third-order valence-corrected chi connectivity index (χ3v) is 8.32. The lowest BCUT2D eigenvalue weighted by molar-refractivity contribution is 0.184. The third-order valence-electron chi connectivity index (χ3n) is 7.37. The Hall–Kier alpha value is -3.30. The van der Waals surface area contributed by atoms with E-state index in [2.05, 4.69) is 19.4 Å². The number of thiazole rings is 1. The molecule has 0 unspecified atom stereocenters. The van der Waals surface area contributed by atoms with Crippen LogP contribution in [0.4, 0.5) is 0 Å². The summed E-state index contributed by atoms with van der Waals surface area (Å²) in [4.78, 5) is 30.5. The maximum Gasteiger partial charge on any atom is 0.262 e. The van der Waals surface area contributed by atoms with Crippen molar-refractivity contribution >= 4 is 27.5 Å². The molecule has 1 aliphatic heterocycles. The molecule has 6 heterocycles. The third kappa shape index (κ3) is 4.37. The van der Waals surface area contributed by atoms with Crippen LogP contribution >= 0.6 is 11.3 Å².